The summed E-state index contributed by atoms with van der Waals surface area (Å²) in [5, 5.41) is 6.19. The monoisotopic (exact) mass is 504 g/mol. The fraction of sp³-hybridized carbons (Fsp3) is 0.417. The summed E-state index contributed by atoms with van der Waals surface area (Å²) in [5.41, 5.74) is -0.298. The predicted octanol–water partition coefficient (Wildman–Crippen LogP) is 4.11. The van der Waals surface area contributed by atoms with Crippen molar-refractivity contribution in [3.8, 4) is 5.75 Å². The van der Waals surface area contributed by atoms with Crippen molar-refractivity contribution in [2.75, 3.05) is 29.3 Å². The first-order chi connectivity index (χ1) is 17.1. The van der Waals surface area contributed by atoms with Crippen molar-refractivity contribution in [1.82, 2.24) is 15.3 Å². The molecule has 4 rings (SSSR count). The number of halogens is 3. The Bertz CT molecular complexity index is 1170. The van der Waals surface area contributed by atoms with Gasteiger partial charge >= 0.3 is 12.2 Å². The van der Waals surface area contributed by atoms with Crippen LogP contribution in [0.3, 0.4) is 0 Å². The van der Waals surface area contributed by atoms with E-state index in [9.17, 15) is 22.8 Å². The number of carbonyl (C=O) groups is 2. The molecular formula is C24H27F3N6O3. The van der Waals surface area contributed by atoms with Crippen LogP contribution < -0.4 is 25.2 Å². The second-order valence-electron chi connectivity index (χ2n) is 8.74. The van der Waals surface area contributed by atoms with Gasteiger partial charge in [0.05, 0.1) is 24.9 Å². The number of rotatable bonds is 6. The van der Waals surface area contributed by atoms with Gasteiger partial charge in [0.2, 0.25) is 11.9 Å². The SMILES string of the molecule is C=CC(=O)N[C@H]1CCCC[C@H]1Nc1ncc2c(n1)N(C)C(=O)N(c1cc(OC)cc(C(F)(F)F)c1)C2. The second kappa shape index (κ2) is 10.0. The quantitative estimate of drug-likeness (QED) is 0.575. The van der Waals surface area contributed by atoms with Gasteiger partial charge in [-0.15, -0.1) is 0 Å². The summed E-state index contributed by atoms with van der Waals surface area (Å²) in [6, 6.07) is 2.42. The Hall–Kier alpha value is -3.83. The van der Waals surface area contributed by atoms with Gasteiger partial charge in [0.15, 0.2) is 0 Å². The van der Waals surface area contributed by atoms with Crippen LogP contribution in [0.4, 0.5) is 35.4 Å². The lowest BCUT2D eigenvalue weighted by Crippen LogP contribution is -2.48. The van der Waals surface area contributed by atoms with Gasteiger partial charge in [0.25, 0.3) is 0 Å². The van der Waals surface area contributed by atoms with Crippen molar-refractivity contribution in [2.24, 2.45) is 0 Å². The minimum atomic E-state index is -4.60. The summed E-state index contributed by atoms with van der Waals surface area (Å²) in [6.45, 7) is 3.48. The van der Waals surface area contributed by atoms with Gasteiger partial charge in [-0.05, 0) is 31.1 Å². The minimum absolute atomic E-state index is 0.00923. The number of fused-ring (bicyclic) bond motifs is 1. The highest BCUT2D eigenvalue weighted by atomic mass is 19.4. The van der Waals surface area contributed by atoms with Gasteiger partial charge in [-0.3, -0.25) is 14.6 Å². The van der Waals surface area contributed by atoms with E-state index in [4.69, 9.17) is 4.74 Å². The molecule has 2 heterocycles. The van der Waals surface area contributed by atoms with Gasteiger partial charge in [-0.2, -0.15) is 18.2 Å². The van der Waals surface area contributed by atoms with E-state index in [1.54, 1.807) is 6.20 Å². The number of nitrogens with zero attached hydrogens (tertiary/aromatic N) is 4. The molecule has 9 nitrogen and oxygen atoms in total. The Labute approximate surface area is 206 Å². The zero-order valence-electron chi connectivity index (χ0n) is 19.9. The maximum Gasteiger partial charge on any atom is 0.416 e. The molecule has 192 valence electrons. The third-order valence-corrected chi connectivity index (χ3v) is 6.37. The molecule has 1 aromatic heterocycles. The Kier molecular flexibility index (Phi) is 7.04. The first-order valence-corrected chi connectivity index (χ1v) is 11.5. The molecule has 0 unspecified atom stereocenters. The van der Waals surface area contributed by atoms with E-state index < -0.39 is 17.8 Å². The van der Waals surface area contributed by atoms with Crippen molar-refractivity contribution < 1.29 is 27.5 Å². The van der Waals surface area contributed by atoms with Crippen molar-refractivity contribution in [3.05, 3.63) is 48.2 Å². The van der Waals surface area contributed by atoms with Gasteiger partial charge < -0.3 is 15.4 Å². The van der Waals surface area contributed by atoms with Crippen molar-refractivity contribution >= 4 is 29.4 Å². The summed E-state index contributed by atoms with van der Waals surface area (Å²) >= 11 is 0. The van der Waals surface area contributed by atoms with E-state index in [2.05, 4.69) is 27.2 Å². The van der Waals surface area contributed by atoms with E-state index in [0.717, 1.165) is 37.8 Å². The number of urea groups is 1. The van der Waals surface area contributed by atoms with Crippen molar-refractivity contribution in [1.29, 1.82) is 0 Å². The zero-order chi connectivity index (χ0) is 26.0. The molecule has 1 aromatic carbocycles. The Morgan fingerprint density at radius 2 is 1.94 bits per heavy atom. The molecule has 1 saturated carbocycles. The van der Waals surface area contributed by atoms with Crippen LogP contribution in [0.1, 0.15) is 36.8 Å². The third kappa shape index (κ3) is 5.21. The van der Waals surface area contributed by atoms with Crippen LogP contribution in [-0.2, 0) is 17.5 Å². The first kappa shape index (κ1) is 25.3. The number of hydrogen-bond donors (Lipinski definition) is 2. The third-order valence-electron chi connectivity index (χ3n) is 6.37. The lowest BCUT2D eigenvalue weighted by molar-refractivity contribution is -0.137. The van der Waals surface area contributed by atoms with Crippen LogP contribution in [0.25, 0.3) is 0 Å². The highest BCUT2D eigenvalue weighted by Gasteiger charge is 2.35. The average molecular weight is 505 g/mol. The summed E-state index contributed by atoms with van der Waals surface area (Å²) in [6.07, 6.45) is 1.75. The van der Waals surface area contributed by atoms with Crippen molar-refractivity contribution in [2.45, 2.75) is 50.5 Å². The standard InChI is InChI=1S/C24H27F3N6O3/c1-4-20(34)29-18-7-5-6-8-19(18)30-22-28-12-14-13-33(23(35)32(2)21(14)31-22)16-9-15(24(25,26)27)10-17(11-16)36-3/h4,9-12,18-19H,1,5-8,13H2,2-3H3,(H,29,34)(H,28,30,31)/t18-,19+/m0/s1. The average Bonchev–Trinajstić information content (AvgIpc) is 2.86. The molecule has 0 saturated heterocycles. The Morgan fingerprint density at radius 1 is 1.22 bits per heavy atom. The fourth-order valence-corrected chi connectivity index (χ4v) is 4.49. The van der Waals surface area contributed by atoms with Gasteiger partial charge in [-0.1, -0.05) is 19.4 Å². The molecule has 1 aliphatic heterocycles. The summed E-state index contributed by atoms with van der Waals surface area (Å²) in [7, 11) is 2.77. The molecule has 2 N–H and O–H groups in total. The maximum atomic E-state index is 13.4. The fourth-order valence-electron chi connectivity index (χ4n) is 4.49. The largest absolute Gasteiger partial charge is 0.497 e. The van der Waals surface area contributed by atoms with Crippen LogP contribution >= 0.6 is 0 Å². The van der Waals surface area contributed by atoms with Crippen LogP contribution in [-0.4, -0.2) is 48.1 Å². The summed E-state index contributed by atoms with van der Waals surface area (Å²) in [5.74, 6) is 0.390. The van der Waals surface area contributed by atoms with Crippen LogP contribution in [0.15, 0.2) is 37.1 Å². The smallest absolute Gasteiger partial charge is 0.416 e. The number of benzene rings is 1. The number of nitrogens with one attached hydrogen (secondary N) is 2. The predicted molar refractivity (Wildman–Crippen MR) is 128 cm³/mol. The van der Waals surface area contributed by atoms with E-state index in [-0.39, 0.29) is 36.0 Å². The van der Waals surface area contributed by atoms with E-state index in [1.165, 1.54) is 36.1 Å². The summed E-state index contributed by atoms with van der Waals surface area (Å²) < 4.78 is 45.2. The molecule has 0 bridgehead atoms. The number of amides is 3. The number of ether oxygens (including phenoxy) is 1. The molecule has 3 amide bonds. The zero-order valence-corrected chi connectivity index (χ0v) is 19.9. The molecule has 2 atom stereocenters. The topological polar surface area (TPSA) is 99.7 Å². The number of carbonyl (C=O) groups excluding carboxylic acids is 2. The normalized spacial score (nSPS) is 20.0. The minimum Gasteiger partial charge on any atom is -0.497 e. The maximum absolute atomic E-state index is 13.4. The highest BCUT2D eigenvalue weighted by molar-refractivity contribution is 6.05. The van der Waals surface area contributed by atoms with Crippen LogP contribution in [0.5, 0.6) is 5.75 Å². The highest BCUT2D eigenvalue weighted by Crippen LogP contribution is 2.37. The molecule has 2 aromatic rings. The van der Waals surface area contributed by atoms with E-state index in [0.29, 0.717) is 17.3 Å². The van der Waals surface area contributed by atoms with E-state index in [1.807, 2.05) is 0 Å². The molecule has 0 radical (unpaired) electrons. The molecule has 0 spiro atoms. The summed E-state index contributed by atoms with van der Waals surface area (Å²) in [4.78, 5) is 36.3. The second-order valence-corrected chi connectivity index (χ2v) is 8.74. The molecule has 2 aliphatic rings. The van der Waals surface area contributed by atoms with Crippen molar-refractivity contribution in [3.63, 3.8) is 0 Å². The number of alkyl halides is 3. The Balaban J connectivity index is 1.58. The Morgan fingerprint density at radius 3 is 2.61 bits per heavy atom. The first-order valence-electron chi connectivity index (χ1n) is 11.5. The van der Waals surface area contributed by atoms with Gasteiger partial charge in [0, 0.05) is 37.0 Å². The lowest BCUT2D eigenvalue weighted by atomic mass is 9.90. The number of hydrogen-bond acceptors (Lipinski definition) is 6. The van der Waals surface area contributed by atoms with E-state index >= 15 is 0 Å². The number of anilines is 3. The number of methoxy groups -OCH3 is 1. The van der Waals surface area contributed by atoms with Crippen LogP contribution in [0, 0.1) is 0 Å². The lowest BCUT2D eigenvalue weighted by Gasteiger charge is -2.35. The van der Waals surface area contributed by atoms with Crippen LogP contribution in [0.2, 0.25) is 0 Å². The molecule has 1 aliphatic carbocycles. The van der Waals surface area contributed by atoms with Gasteiger partial charge in [-0.25, -0.2) is 9.78 Å². The molecular weight excluding hydrogens is 477 g/mol. The molecule has 1 fully saturated rings. The molecule has 36 heavy (non-hydrogen) atoms. The molecule has 12 heteroatoms. The number of aromatic nitrogens is 2. The van der Waals surface area contributed by atoms with Gasteiger partial charge in [0.1, 0.15) is 11.6 Å².